The van der Waals surface area contributed by atoms with Gasteiger partial charge in [-0.25, -0.2) is 4.98 Å². The smallest absolute Gasteiger partial charge is 0.265 e. The van der Waals surface area contributed by atoms with Crippen molar-refractivity contribution in [2.24, 2.45) is 0 Å². The molecule has 2 aromatic heterocycles. The van der Waals surface area contributed by atoms with Gasteiger partial charge in [0, 0.05) is 7.05 Å². The molecule has 2 heterocycles. The Morgan fingerprint density at radius 2 is 2.28 bits per heavy atom. The molecule has 1 amide bonds. The van der Waals surface area contributed by atoms with Crippen molar-refractivity contribution in [3.8, 4) is 0 Å². The Morgan fingerprint density at radius 1 is 1.56 bits per heavy atom. The Bertz CT molecular complexity index is 577. The number of aryl methyl sites for hydroxylation is 2. The number of H-pyrrole nitrogens is 1. The highest BCUT2D eigenvalue weighted by Crippen LogP contribution is 2.28. The van der Waals surface area contributed by atoms with Crippen molar-refractivity contribution in [3.63, 3.8) is 0 Å². The molecule has 0 aromatic carbocycles. The van der Waals surface area contributed by atoms with Crippen LogP contribution in [0.15, 0.2) is 5.38 Å². The zero-order valence-corrected chi connectivity index (χ0v) is 11.9. The van der Waals surface area contributed by atoms with Crippen molar-refractivity contribution in [3.05, 3.63) is 32.5 Å². The third-order valence-electron chi connectivity index (χ3n) is 2.46. The van der Waals surface area contributed by atoms with Crippen LogP contribution < -0.4 is 0 Å². The molecule has 1 N–H and O–H groups in total. The quantitative estimate of drug-likeness (QED) is 0.941. The molecule has 96 valence electrons. The van der Waals surface area contributed by atoms with Gasteiger partial charge in [-0.15, -0.1) is 11.3 Å². The number of rotatable bonds is 3. The number of amides is 1. The Balaban J connectivity index is 2.12. The molecular weight excluding hydrogens is 272 g/mol. The van der Waals surface area contributed by atoms with Crippen LogP contribution >= 0.6 is 22.9 Å². The first kappa shape index (κ1) is 13.0. The summed E-state index contributed by atoms with van der Waals surface area (Å²) in [7, 11) is 1.71. The third kappa shape index (κ3) is 2.54. The number of hydrogen-bond acceptors (Lipinski definition) is 4. The van der Waals surface area contributed by atoms with Crippen LogP contribution in [0.3, 0.4) is 0 Å². The van der Waals surface area contributed by atoms with Crippen LogP contribution in [0.4, 0.5) is 0 Å². The second-order valence-corrected chi connectivity index (χ2v) is 5.32. The molecular formula is C11H13ClN4OS. The van der Waals surface area contributed by atoms with E-state index in [0.29, 0.717) is 22.3 Å². The first-order chi connectivity index (χ1) is 8.49. The summed E-state index contributed by atoms with van der Waals surface area (Å²) in [5.41, 5.74) is 0.923. The molecule has 2 rings (SSSR count). The lowest BCUT2D eigenvalue weighted by molar-refractivity contribution is 0.0786. The zero-order chi connectivity index (χ0) is 13.3. The lowest BCUT2D eigenvalue weighted by Crippen LogP contribution is -2.26. The Hall–Kier alpha value is -1.40. The predicted molar refractivity (Wildman–Crippen MR) is 71.0 cm³/mol. The molecule has 5 nitrogen and oxygen atoms in total. The van der Waals surface area contributed by atoms with E-state index >= 15 is 0 Å². The third-order valence-corrected chi connectivity index (χ3v) is 4.15. The van der Waals surface area contributed by atoms with Gasteiger partial charge in [-0.1, -0.05) is 11.6 Å². The maximum absolute atomic E-state index is 12.2. The Kier molecular flexibility index (Phi) is 3.68. The highest BCUT2D eigenvalue weighted by Gasteiger charge is 2.19. The number of halogens is 1. The number of aromatic nitrogens is 3. The fourth-order valence-corrected chi connectivity index (χ4v) is 2.76. The standard InChI is InChI=1S/C11H13ClN4OS/c1-6-5-18-10(9(6)12)11(17)16(3)4-8-13-7(2)14-15-8/h5H,4H2,1-3H3,(H,13,14,15). The largest absolute Gasteiger partial charge is 0.333 e. The molecule has 7 heteroatoms. The van der Waals surface area contributed by atoms with E-state index in [-0.39, 0.29) is 5.91 Å². The van der Waals surface area contributed by atoms with E-state index < -0.39 is 0 Å². The summed E-state index contributed by atoms with van der Waals surface area (Å²) in [5.74, 6) is 1.21. The van der Waals surface area contributed by atoms with Crippen LogP contribution in [-0.2, 0) is 6.54 Å². The summed E-state index contributed by atoms with van der Waals surface area (Å²) < 4.78 is 0. The molecule has 18 heavy (non-hydrogen) atoms. The van der Waals surface area contributed by atoms with E-state index in [4.69, 9.17) is 11.6 Å². The van der Waals surface area contributed by atoms with Gasteiger partial charge in [-0.2, -0.15) is 5.10 Å². The summed E-state index contributed by atoms with van der Waals surface area (Å²) in [6.45, 7) is 4.06. The summed E-state index contributed by atoms with van der Waals surface area (Å²) in [4.78, 5) is 18.5. The van der Waals surface area contributed by atoms with Crippen molar-refractivity contribution < 1.29 is 4.79 Å². The van der Waals surface area contributed by atoms with E-state index in [1.54, 1.807) is 11.9 Å². The van der Waals surface area contributed by atoms with Gasteiger partial charge in [0.1, 0.15) is 10.7 Å². The highest BCUT2D eigenvalue weighted by atomic mass is 35.5. The van der Waals surface area contributed by atoms with E-state index in [1.165, 1.54) is 11.3 Å². The van der Waals surface area contributed by atoms with Crippen LogP contribution in [0, 0.1) is 13.8 Å². The van der Waals surface area contributed by atoms with Gasteiger partial charge >= 0.3 is 0 Å². The monoisotopic (exact) mass is 284 g/mol. The minimum absolute atomic E-state index is 0.111. The summed E-state index contributed by atoms with van der Waals surface area (Å²) in [6.07, 6.45) is 0. The fraction of sp³-hybridized carbons (Fsp3) is 0.364. The minimum Gasteiger partial charge on any atom is -0.333 e. The number of thiophene rings is 1. The Morgan fingerprint density at radius 3 is 2.78 bits per heavy atom. The molecule has 0 aliphatic heterocycles. The molecule has 0 fully saturated rings. The highest BCUT2D eigenvalue weighted by molar-refractivity contribution is 7.13. The molecule has 0 saturated carbocycles. The summed E-state index contributed by atoms with van der Waals surface area (Å²) >= 11 is 7.44. The zero-order valence-electron chi connectivity index (χ0n) is 10.3. The topological polar surface area (TPSA) is 61.9 Å². The van der Waals surface area contributed by atoms with Crippen molar-refractivity contribution >= 4 is 28.8 Å². The normalized spacial score (nSPS) is 10.7. The van der Waals surface area contributed by atoms with E-state index in [0.717, 1.165) is 11.4 Å². The Labute approximate surface area is 114 Å². The second-order valence-electron chi connectivity index (χ2n) is 4.06. The average molecular weight is 285 g/mol. The van der Waals surface area contributed by atoms with Crippen LogP contribution in [0.25, 0.3) is 0 Å². The van der Waals surface area contributed by atoms with Crippen LogP contribution in [0.1, 0.15) is 26.9 Å². The fourth-order valence-electron chi connectivity index (χ4n) is 1.49. The van der Waals surface area contributed by atoms with Gasteiger partial charge in [0.15, 0.2) is 5.82 Å². The SMILES string of the molecule is Cc1nc(CN(C)C(=O)c2scc(C)c2Cl)n[nH]1. The van der Waals surface area contributed by atoms with Crippen molar-refractivity contribution in [1.29, 1.82) is 0 Å². The van der Waals surface area contributed by atoms with E-state index in [1.807, 2.05) is 19.2 Å². The molecule has 0 saturated heterocycles. The number of aromatic amines is 1. The molecule has 0 aliphatic carbocycles. The van der Waals surface area contributed by atoms with Crippen molar-refractivity contribution in [2.45, 2.75) is 20.4 Å². The van der Waals surface area contributed by atoms with Gasteiger partial charge in [0.25, 0.3) is 5.91 Å². The number of hydrogen-bond donors (Lipinski definition) is 1. The van der Waals surface area contributed by atoms with Gasteiger partial charge in [-0.3, -0.25) is 9.89 Å². The minimum atomic E-state index is -0.111. The number of nitrogens with zero attached hydrogens (tertiary/aromatic N) is 3. The molecule has 0 spiro atoms. The van der Waals surface area contributed by atoms with Crippen LogP contribution in [0.5, 0.6) is 0 Å². The number of carbonyl (C=O) groups excluding carboxylic acids is 1. The van der Waals surface area contributed by atoms with E-state index in [2.05, 4.69) is 15.2 Å². The molecule has 0 radical (unpaired) electrons. The van der Waals surface area contributed by atoms with Crippen molar-refractivity contribution in [2.75, 3.05) is 7.05 Å². The average Bonchev–Trinajstić information content (AvgIpc) is 2.87. The molecule has 0 atom stereocenters. The molecule has 2 aromatic rings. The maximum atomic E-state index is 12.2. The van der Waals surface area contributed by atoms with Crippen LogP contribution in [0.2, 0.25) is 5.02 Å². The molecule has 0 aliphatic rings. The summed E-state index contributed by atoms with van der Waals surface area (Å²) in [6, 6.07) is 0. The van der Waals surface area contributed by atoms with Crippen LogP contribution in [-0.4, -0.2) is 33.0 Å². The lowest BCUT2D eigenvalue weighted by Gasteiger charge is -2.14. The van der Waals surface area contributed by atoms with Crippen molar-refractivity contribution in [1.82, 2.24) is 20.1 Å². The first-order valence-corrected chi connectivity index (χ1v) is 6.61. The number of nitrogens with one attached hydrogen (secondary N) is 1. The maximum Gasteiger partial charge on any atom is 0.265 e. The summed E-state index contributed by atoms with van der Waals surface area (Å²) in [5, 5.41) is 9.15. The predicted octanol–water partition coefficient (Wildman–Crippen LogP) is 2.41. The van der Waals surface area contributed by atoms with E-state index in [9.17, 15) is 4.79 Å². The molecule has 0 bridgehead atoms. The molecule has 0 unspecified atom stereocenters. The van der Waals surface area contributed by atoms with Gasteiger partial charge in [0.05, 0.1) is 11.6 Å². The van der Waals surface area contributed by atoms with Gasteiger partial charge < -0.3 is 4.90 Å². The first-order valence-electron chi connectivity index (χ1n) is 5.36. The number of carbonyl (C=O) groups is 1. The van der Waals surface area contributed by atoms with Gasteiger partial charge in [-0.05, 0) is 24.8 Å². The lowest BCUT2D eigenvalue weighted by atomic mass is 10.3. The second kappa shape index (κ2) is 5.07. The van der Waals surface area contributed by atoms with Gasteiger partial charge in [0.2, 0.25) is 0 Å².